The van der Waals surface area contributed by atoms with Crippen LogP contribution in [-0.2, 0) is 4.74 Å². The molecule has 0 amide bonds. The van der Waals surface area contributed by atoms with Crippen LogP contribution in [0.15, 0.2) is 71.2 Å². The highest BCUT2D eigenvalue weighted by Crippen LogP contribution is 2.29. The van der Waals surface area contributed by atoms with E-state index in [9.17, 15) is 9.59 Å². The Hall–Kier alpha value is -2.93. The van der Waals surface area contributed by atoms with Crippen molar-refractivity contribution in [3.05, 3.63) is 92.4 Å². The Morgan fingerprint density at radius 2 is 1.70 bits per heavy atom. The van der Waals surface area contributed by atoms with Crippen molar-refractivity contribution in [2.45, 2.75) is 0 Å². The van der Waals surface area contributed by atoms with E-state index in [1.165, 1.54) is 12.1 Å². The van der Waals surface area contributed by atoms with Crippen molar-refractivity contribution in [1.29, 1.82) is 0 Å². The Morgan fingerprint density at radius 3 is 2.39 bits per heavy atom. The highest BCUT2D eigenvalue weighted by Gasteiger charge is 2.19. The van der Waals surface area contributed by atoms with Crippen LogP contribution in [0.25, 0.3) is 22.2 Å². The quantitative estimate of drug-likeness (QED) is 0.193. The van der Waals surface area contributed by atoms with Crippen LogP contribution in [0.3, 0.4) is 0 Å². The molecule has 0 aliphatic rings. The van der Waals surface area contributed by atoms with Crippen LogP contribution >= 0.6 is 39.1 Å². The third-order valence-corrected chi connectivity index (χ3v) is 5.98. The molecular weight excluding hydrogens is 529 g/mol. The van der Waals surface area contributed by atoms with Gasteiger partial charge in [-0.05, 0) is 66.7 Å². The van der Waals surface area contributed by atoms with Crippen molar-refractivity contribution in [2.24, 2.45) is 0 Å². The number of esters is 1. The molecule has 0 N–H and O–H groups in total. The van der Waals surface area contributed by atoms with Crippen molar-refractivity contribution in [2.75, 3.05) is 13.7 Å². The zero-order valence-corrected chi connectivity index (χ0v) is 20.4. The number of carbonyl (C=O) groups is 2. The minimum absolute atomic E-state index is 0.198. The van der Waals surface area contributed by atoms with Crippen LogP contribution in [-0.4, -0.2) is 30.5 Å². The summed E-state index contributed by atoms with van der Waals surface area (Å²) >= 11 is 15.4. The van der Waals surface area contributed by atoms with E-state index in [0.29, 0.717) is 32.9 Å². The maximum Gasteiger partial charge on any atom is 0.339 e. The molecule has 0 aliphatic carbocycles. The monoisotopic (exact) mass is 543 g/mol. The molecule has 0 radical (unpaired) electrons. The lowest BCUT2D eigenvalue weighted by Crippen LogP contribution is -2.15. The molecule has 0 aliphatic heterocycles. The van der Waals surface area contributed by atoms with Crippen molar-refractivity contribution >= 4 is 61.8 Å². The molecule has 1 aromatic heterocycles. The average molecular weight is 545 g/mol. The first-order chi connectivity index (χ1) is 15.9. The fourth-order valence-electron chi connectivity index (χ4n) is 3.28. The van der Waals surface area contributed by atoms with Gasteiger partial charge in [-0.25, -0.2) is 9.78 Å². The Balaban J connectivity index is 1.66. The van der Waals surface area contributed by atoms with E-state index in [2.05, 4.69) is 20.9 Å². The van der Waals surface area contributed by atoms with Gasteiger partial charge in [0.2, 0.25) is 5.78 Å². The molecule has 0 unspecified atom stereocenters. The van der Waals surface area contributed by atoms with E-state index in [1.54, 1.807) is 25.3 Å². The number of methoxy groups -OCH3 is 1. The van der Waals surface area contributed by atoms with Gasteiger partial charge < -0.3 is 9.47 Å². The zero-order chi connectivity index (χ0) is 23.5. The summed E-state index contributed by atoms with van der Waals surface area (Å²) in [7, 11) is 1.59. The summed E-state index contributed by atoms with van der Waals surface area (Å²) in [5.74, 6) is -0.365. The summed E-state index contributed by atoms with van der Waals surface area (Å²) in [5.41, 5.74) is 2.54. The van der Waals surface area contributed by atoms with Gasteiger partial charge in [-0.3, -0.25) is 4.79 Å². The van der Waals surface area contributed by atoms with Crippen LogP contribution in [0.5, 0.6) is 5.75 Å². The number of pyridine rings is 1. The number of fused-ring (bicyclic) bond motifs is 1. The molecule has 4 aromatic rings. The predicted octanol–water partition coefficient (Wildman–Crippen LogP) is 7.02. The van der Waals surface area contributed by atoms with Crippen molar-refractivity contribution < 1.29 is 19.1 Å². The lowest BCUT2D eigenvalue weighted by atomic mass is 10.0. The Labute approximate surface area is 208 Å². The number of hydrogen-bond acceptors (Lipinski definition) is 5. The summed E-state index contributed by atoms with van der Waals surface area (Å²) in [6.45, 7) is -0.462. The number of Topliss-reactive ketones (excluding diaryl/α,β-unsaturated/α-hetero) is 1. The highest BCUT2D eigenvalue weighted by molar-refractivity contribution is 9.10. The molecule has 0 fully saturated rings. The molecular formula is C25H16BrCl2NO4. The number of halogens is 3. The molecule has 3 aromatic carbocycles. The largest absolute Gasteiger partial charge is 0.497 e. The molecule has 166 valence electrons. The number of ether oxygens (including phenoxy) is 2. The van der Waals surface area contributed by atoms with Crippen molar-refractivity contribution in [1.82, 2.24) is 4.98 Å². The number of ketones is 1. The Morgan fingerprint density at radius 1 is 0.939 bits per heavy atom. The van der Waals surface area contributed by atoms with Gasteiger partial charge in [0, 0.05) is 26.0 Å². The first-order valence-corrected chi connectivity index (χ1v) is 11.3. The molecule has 0 spiro atoms. The van der Waals surface area contributed by atoms with Gasteiger partial charge in [-0.1, -0.05) is 39.1 Å². The lowest BCUT2D eigenvalue weighted by molar-refractivity contribution is 0.0476. The maximum absolute atomic E-state index is 13.0. The minimum Gasteiger partial charge on any atom is -0.497 e. The van der Waals surface area contributed by atoms with Crippen LogP contribution in [0.4, 0.5) is 0 Å². The molecule has 8 heteroatoms. The molecule has 0 saturated heterocycles. The van der Waals surface area contributed by atoms with Gasteiger partial charge in [0.05, 0.1) is 28.9 Å². The lowest BCUT2D eigenvalue weighted by Gasteiger charge is -2.11. The molecule has 0 saturated carbocycles. The minimum atomic E-state index is -0.645. The summed E-state index contributed by atoms with van der Waals surface area (Å²) < 4.78 is 11.4. The van der Waals surface area contributed by atoms with Crippen LogP contribution in [0.2, 0.25) is 10.0 Å². The standard InChI is InChI=1S/C25H16BrCl2NO4/c1-32-17-6-2-14(3-7-17)23-12-20(19-10-15(26)4-9-22(19)29-23)25(31)33-13-24(30)18-8-5-16(27)11-21(18)28/h2-12H,13H2,1H3. The van der Waals surface area contributed by atoms with Crippen LogP contribution in [0, 0.1) is 0 Å². The number of aromatic nitrogens is 1. The predicted molar refractivity (Wildman–Crippen MR) is 133 cm³/mol. The summed E-state index contributed by atoms with van der Waals surface area (Å²) in [5, 5.41) is 1.21. The van der Waals surface area contributed by atoms with Gasteiger partial charge in [0.1, 0.15) is 5.75 Å². The maximum atomic E-state index is 13.0. The van der Waals surface area contributed by atoms with Gasteiger partial charge in [-0.2, -0.15) is 0 Å². The number of carbonyl (C=O) groups excluding carboxylic acids is 2. The second-order valence-electron chi connectivity index (χ2n) is 7.07. The first kappa shape index (κ1) is 23.2. The third kappa shape index (κ3) is 5.19. The topological polar surface area (TPSA) is 65.5 Å². The van der Waals surface area contributed by atoms with Gasteiger partial charge in [-0.15, -0.1) is 0 Å². The van der Waals surface area contributed by atoms with E-state index in [-0.39, 0.29) is 10.6 Å². The average Bonchev–Trinajstić information content (AvgIpc) is 2.81. The Bertz CT molecular complexity index is 1370. The number of rotatable bonds is 6. The number of benzene rings is 3. The number of hydrogen-bond donors (Lipinski definition) is 0. The van der Waals surface area contributed by atoms with Crippen molar-refractivity contribution in [3.8, 4) is 17.0 Å². The first-order valence-electron chi connectivity index (χ1n) is 9.76. The molecule has 4 rings (SSSR count). The zero-order valence-electron chi connectivity index (χ0n) is 17.3. The van der Waals surface area contributed by atoms with Crippen LogP contribution < -0.4 is 4.74 Å². The van der Waals surface area contributed by atoms with Crippen LogP contribution in [0.1, 0.15) is 20.7 Å². The smallest absolute Gasteiger partial charge is 0.339 e. The number of nitrogens with zero attached hydrogens (tertiary/aromatic N) is 1. The van der Waals surface area contributed by atoms with Gasteiger partial charge in [0.15, 0.2) is 6.61 Å². The normalized spacial score (nSPS) is 10.8. The molecule has 0 bridgehead atoms. The van der Waals surface area contributed by atoms with E-state index in [1.807, 2.05) is 36.4 Å². The highest BCUT2D eigenvalue weighted by atomic mass is 79.9. The Kier molecular flexibility index (Phi) is 6.98. The second kappa shape index (κ2) is 9.91. The van der Waals surface area contributed by atoms with Crippen molar-refractivity contribution in [3.63, 3.8) is 0 Å². The van der Waals surface area contributed by atoms with E-state index >= 15 is 0 Å². The second-order valence-corrected chi connectivity index (χ2v) is 8.83. The molecule has 1 heterocycles. The SMILES string of the molecule is COc1ccc(-c2cc(C(=O)OCC(=O)c3ccc(Cl)cc3Cl)c3cc(Br)ccc3n2)cc1. The third-order valence-electron chi connectivity index (χ3n) is 4.94. The van der Waals surface area contributed by atoms with E-state index in [4.69, 9.17) is 32.7 Å². The molecule has 33 heavy (non-hydrogen) atoms. The molecule has 5 nitrogen and oxygen atoms in total. The van der Waals surface area contributed by atoms with Gasteiger partial charge in [0.25, 0.3) is 0 Å². The summed E-state index contributed by atoms with van der Waals surface area (Å²) in [6, 6.07) is 18.9. The van der Waals surface area contributed by atoms with E-state index < -0.39 is 18.4 Å². The summed E-state index contributed by atoms with van der Waals surface area (Å²) in [6.07, 6.45) is 0. The fourth-order valence-corrected chi connectivity index (χ4v) is 4.15. The summed E-state index contributed by atoms with van der Waals surface area (Å²) in [4.78, 5) is 30.3. The fraction of sp³-hybridized carbons (Fsp3) is 0.0800. The molecule has 0 atom stereocenters. The van der Waals surface area contributed by atoms with E-state index in [0.717, 1.165) is 10.0 Å². The van der Waals surface area contributed by atoms with Gasteiger partial charge >= 0.3 is 5.97 Å².